The molecule has 3 nitrogen and oxygen atoms in total. The van der Waals surface area contributed by atoms with Gasteiger partial charge in [0, 0.05) is 13.1 Å². The molecular formula is C11H14N2O. The maximum atomic E-state index is 9.02. The summed E-state index contributed by atoms with van der Waals surface area (Å²) < 4.78 is 0. The van der Waals surface area contributed by atoms with E-state index in [0.29, 0.717) is 18.7 Å². The molecule has 74 valence electrons. The number of hydrogen-bond acceptors (Lipinski definition) is 3. The zero-order valence-corrected chi connectivity index (χ0v) is 8.20. The van der Waals surface area contributed by atoms with Crippen molar-refractivity contribution in [3.05, 3.63) is 35.4 Å². The largest absolute Gasteiger partial charge is 0.392 e. The maximum Gasteiger partial charge on any atom is 0.0991 e. The molecule has 0 aromatic heterocycles. The molecule has 1 aromatic carbocycles. The third-order valence-electron chi connectivity index (χ3n) is 1.82. The van der Waals surface area contributed by atoms with Gasteiger partial charge in [0.25, 0.3) is 0 Å². The number of aliphatic hydroxyl groups excluding tert-OH is 1. The Labute approximate surface area is 84.0 Å². The highest BCUT2D eigenvalue weighted by atomic mass is 16.3. The Morgan fingerprint density at radius 3 is 3.00 bits per heavy atom. The molecule has 1 rings (SSSR count). The molecule has 0 radical (unpaired) electrons. The molecule has 3 heteroatoms. The third kappa shape index (κ3) is 3.56. The molecule has 1 atom stereocenters. The zero-order valence-electron chi connectivity index (χ0n) is 8.20. The molecule has 0 aliphatic heterocycles. The van der Waals surface area contributed by atoms with Crippen LogP contribution >= 0.6 is 0 Å². The van der Waals surface area contributed by atoms with Gasteiger partial charge in [-0.1, -0.05) is 12.1 Å². The summed E-state index contributed by atoms with van der Waals surface area (Å²) in [6, 6.07) is 9.52. The van der Waals surface area contributed by atoms with Gasteiger partial charge in [-0.25, -0.2) is 0 Å². The molecule has 14 heavy (non-hydrogen) atoms. The van der Waals surface area contributed by atoms with Crippen LogP contribution in [0.1, 0.15) is 18.1 Å². The summed E-state index contributed by atoms with van der Waals surface area (Å²) in [4.78, 5) is 0. The molecule has 0 aliphatic carbocycles. The summed E-state index contributed by atoms with van der Waals surface area (Å²) >= 11 is 0. The van der Waals surface area contributed by atoms with Gasteiger partial charge in [-0.05, 0) is 24.6 Å². The van der Waals surface area contributed by atoms with Crippen molar-refractivity contribution in [3.8, 4) is 6.07 Å². The lowest BCUT2D eigenvalue weighted by molar-refractivity contribution is 0.191. The fraction of sp³-hybridized carbons (Fsp3) is 0.364. The quantitative estimate of drug-likeness (QED) is 0.745. The van der Waals surface area contributed by atoms with Crippen LogP contribution in [0.25, 0.3) is 0 Å². The fourth-order valence-electron chi connectivity index (χ4n) is 1.18. The SMILES string of the molecule is C[C@@H](O)CNCc1cccc(C#N)c1. The van der Waals surface area contributed by atoms with Crippen LogP contribution in [0.3, 0.4) is 0 Å². The Balaban J connectivity index is 2.47. The second-order valence-corrected chi connectivity index (χ2v) is 3.29. The highest BCUT2D eigenvalue weighted by Gasteiger charge is 1.96. The summed E-state index contributed by atoms with van der Waals surface area (Å²) in [6.45, 7) is 2.98. The van der Waals surface area contributed by atoms with E-state index in [4.69, 9.17) is 10.4 Å². The van der Waals surface area contributed by atoms with Gasteiger partial charge >= 0.3 is 0 Å². The highest BCUT2D eigenvalue weighted by Crippen LogP contribution is 2.03. The molecule has 0 aliphatic rings. The first-order chi connectivity index (χ1) is 6.72. The van der Waals surface area contributed by atoms with Gasteiger partial charge in [0.05, 0.1) is 17.7 Å². The van der Waals surface area contributed by atoms with Crippen molar-refractivity contribution in [2.24, 2.45) is 0 Å². The lowest BCUT2D eigenvalue weighted by Crippen LogP contribution is -2.23. The minimum Gasteiger partial charge on any atom is -0.392 e. The van der Waals surface area contributed by atoms with E-state index < -0.39 is 0 Å². The van der Waals surface area contributed by atoms with E-state index in [1.54, 1.807) is 13.0 Å². The predicted octanol–water partition coefficient (Wildman–Crippen LogP) is 1.03. The summed E-state index contributed by atoms with van der Waals surface area (Å²) in [5.74, 6) is 0. The topological polar surface area (TPSA) is 56.0 Å². The molecule has 1 aromatic rings. The molecule has 0 amide bonds. The first-order valence-corrected chi connectivity index (χ1v) is 4.60. The normalized spacial score (nSPS) is 12.1. The van der Waals surface area contributed by atoms with Crippen molar-refractivity contribution in [2.75, 3.05) is 6.54 Å². The van der Waals surface area contributed by atoms with Crippen molar-refractivity contribution >= 4 is 0 Å². The molecule has 2 N–H and O–H groups in total. The van der Waals surface area contributed by atoms with Crippen LogP contribution in [0, 0.1) is 11.3 Å². The van der Waals surface area contributed by atoms with Crippen LogP contribution in [0.4, 0.5) is 0 Å². The number of nitrogens with one attached hydrogen (secondary N) is 1. The Morgan fingerprint density at radius 2 is 2.36 bits per heavy atom. The summed E-state index contributed by atoms with van der Waals surface area (Å²) in [7, 11) is 0. The van der Waals surface area contributed by atoms with E-state index in [1.165, 1.54) is 0 Å². The standard InChI is InChI=1S/C11H14N2O/c1-9(14)7-13-8-11-4-2-3-10(5-11)6-12/h2-5,9,13-14H,7-8H2,1H3/t9-/m1/s1. The van der Waals surface area contributed by atoms with Crippen molar-refractivity contribution in [2.45, 2.75) is 19.6 Å². The van der Waals surface area contributed by atoms with Crippen LogP contribution in [-0.4, -0.2) is 17.8 Å². The summed E-state index contributed by atoms with van der Waals surface area (Å²) in [6.07, 6.45) is -0.339. The molecule has 0 bridgehead atoms. The minimum atomic E-state index is -0.339. The zero-order chi connectivity index (χ0) is 10.4. The van der Waals surface area contributed by atoms with E-state index >= 15 is 0 Å². The minimum absolute atomic E-state index is 0.339. The molecule has 0 saturated heterocycles. The maximum absolute atomic E-state index is 9.02. The average Bonchev–Trinajstić information content (AvgIpc) is 2.18. The Kier molecular flexibility index (Phi) is 4.11. The fourth-order valence-corrected chi connectivity index (χ4v) is 1.18. The molecule has 0 heterocycles. The van der Waals surface area contributed by atoms with Gasteiger partial charge in [-0.3, -0.25) is 0 Å². The van der Waals surface area contributed by atoms with Gasteiger partial charge in [0.2, 0.25) is 0 Å². The Morgan fingerprint density at radius 1 is 1.57 bits per heavy atom. The van der Waals surface area contributed by atoms with Gasteiger partial charge in [0.15, 0.2) is 0 Å². The second-order valence-electron chi connectivity index (χ2n) is 3.29. The summed E-state index contributed by atoms with van der Waals surface area (Å²) in [5.41, 5.74) is 1.73. The van der Waals surface area contributed by atoms with Crippen molar-refractivity contribution in [3.63, 3.8) is 0 Å². The molecule has 0 spiro atoms. The van der Waals surface area contributed by atoms with Gasteiger partial charge in [0.1, 0.15) is 0 Å². The van der Waals surface area contributed by atoms with E-state index in [2.05, 4.69) is 11.4 Å². The van der Waals surface area contributed by atoms with E-state index in [1.807, 2.05) is 18.2 Å². The number of nitrogens with zero attached hydrogens (tertiary/aromatic N) is 1. The summed E-state index contributed by atoms with van der Waals surface area (Å²) in [5, 5.41) is 20.8. The number of nitriles is 1. The Bertz CT molecular complexity index is 328. The van der Waals surface area contributed by atoms with Gasteiger partial charge in [-0.15, -0.1) is 0 Å². The number of rotatable bonds is 4. The van der Waals surface area contributed by atoms with Crippen molar-refractivity contribution < 1.29 is 5.11 Å². The third-order valence-corrected chi connectivity index (χ3v) is 1.82. The smallest absolute Gasteiger partial charge is 0.0991 e. The number of aliphatic hydroxyl groups is 1. The first-order valence-electron chi connectivity index (χ1n) is 4.60. The van der Waals surface area contributed by atoms with Crippen LogP contribution in [0.5, 0.6) is 0 Å². The first kappa shape index (κ1) is 10.7. The lowest BCUT2D eigenvalue weighted by Gasteiger charge is -2.06. The van der Waals surface area contributed by atoms with Crippen LogP contribution in [-0.2, 0) is 6.54 Å². The van der Waals surface area contributed by atoms with Crippen LogP contribution in [0.2, 0.25) is 0 Å². The number of hydrogen-bond donors (Lipinski definition) is 2. The number of benzene rings is 1. The molecular weight excluding hydrogens is 176 g/mol. The van der Waals surface area contributed by atoms with E-state index in [9.17, 15) is 0 Å². The predicted molar refractivity (Wildman–Crippen MR) is 54.5 cm³/mol. The van der Waals surface area contributed by atoms with E-state index in [0.717, 1.165) is 5.56 Å². The monoisotopic (exact) mass is 190 g/mol. The van der Waals surface area contributed by atoms with Crippen molar-refractivity contribution in [1.82, 2.24) is 5.32 Å². The molecule has 0 saturated carbocycles. The molecule has 0 fully saturated rings. The second kappa shape index (κ2) is 5.38. The highest BCUT2D eigenvalue weighted by molar-refractivity contribution is 5.32. The van der Waals surface area contributed by atoms with Gasteiger partial charge in [-0.2, -0.15) is 5.26 Å². The van der Waals surface area contributed by atoms with Crippen molar-refractivity contribution in [1.29, 1.82) is 5.26 Å². The lowest BCUT2D eigenvalue weighted by atomic mass is 10.1. The average molecular weight is 190 g/mol. The van der Waals surface area contributed by atoms with E-state index in [-0.39, 0.29) is 6.10 Å². The Hall–Kier alpha value is -1.37. The van der Waals surface area contributed by atoms with Crippen LogP contribution in [0.15, 0.2) is 24.3 Å². The van der Waals surface area contributed by atoms with Crippen LogP contribution < -0.4 is 5.32 Å². The van der Waals surface area contributed by atoms with Gasteiger partial charge < -0.3 is 10.4 Å². The molecule has 0 unspecified atom stereocenters.